The molecule has 1 unspecified atom stereocenters. The SMILES string of the molecule is COC(=O)[C@H](CO)NC(=O)CC[C@@]1(C)C(=O)CC[C@H]2[C@@H]3CCC(=O)C3(C)CC(=O)[C@@H]21. The predicted octanol–water partition coefficient (Wildman–Crippen LogP) is 0.976. The Labute approximate surface area is 176 Å². The second-order valence-corrected chi connectivity index (χ2v) is 9.48. The summed E-state index contributed by atoms with van der Waals surface area (Å²) in [7, 11) is 1.16. The average Bonchev–Trinajstić information content (AvgIpc) is 3.00. The van der Waals surface area contributed by atoms with Crippen LogP contribution in [0.4, 0.5) is 0 Å². The highest BCUT2D eigenvalue weighted by atomic mass is 16.5. The molecule has 8 heteroatoms. The first-order valence-electron chi connectivity index (χ1n) is 10.7. The maximum Gasteiger partial charge on any atom is 0.330 e. The first kappa shape index (κ1) is 22.6. The first-order chi connectivity index (χ1) is 14.1. The van der Waals surface area contributed by atoms with Crippen LogP contribution < -0.4 is 5.32 Å². The molecular weight excluding hydrogens is 390 g/mol. The lowest BCUT2D eigenvalue weighted by molar-refractivity contribution is -0.160. The van der Waals surface area contributed by atoms with Crippen molar-refractivity contribution in [3.05, 3.63) is 0 Å². The molecule has 3 rings (SSSR count). The van der Waals surface area contributed by atoms with E-state index in [4.69, 9.17) is 0 Å². The van der Waals surface area contributed by atoms with E-state index < -0.39 is 41.3 Å². The van der Waals surface area contributed by atoms with Crippen LogP contribution in [0, 0.1) is 28.6 Å². The van der Waals surface area contributed by atoms with Crippen LogP contribution >= 0.6 is 0 Å². The van der Waals surface area contributed by atoms with Gasteiger partial charge in [0.25, 0.3) is 0 Å². The molecule has 0 aliphatic heterocycles. The zero-order valence-electron chi connectivity index (χ0n) is 17.9. The molecule has 0 aromatic carbocycles. The number of Topliss-reactive ketones (excluding diaryl/α,β-unsaturated/α-hetero) is 3. The van der Waals surface area contributed by atoms with Crippen LogP contribution in [0.25, 0.3) is 0 Å². The summed E-state index contributed by atoms with van der Waals surface area (Å²) in [6, 6.07) is -1.16. The molecule has 30 heavy (non-hydrogen) atoms. The smallest absolute Gasteiger partial charge is 0.330 e. The summed E-state index contributed by atoms with van der Waals surface area (Å²) in [5.74, 6) is -1.56. The van der Waals surface area contributed by atoms with Gasteiger partial charge in [-0.15, -0.1) is 0 Å². The second-order valence-electron chi connectivity index (χ2n) is 9.48. The maximum absolute atomic E-state index is 13.2. The molecule has 6 atom stereocenters. The van der Waals surface area contributed by atoms with E-state index in [9.17, 15) is 29.1 Å². The maximum atomic E-state index is 13.2. The minimum atomic E-state index is -1.16. The highest BCUT2D eigenvalue weighted by Gasteiger charge is 2.62. The Bertz CT molecular complexity index is 777. The topological polar surface area (TPSA) is 127 Å². The molecule has 8 nitrogen and oxygen atoms in total. The number of amides is 1. The minimum Gasteiger partial charge on any atom is -0.467 e. The number of rotatable bonds is 6. The number of nitrogens with one attached hydrogen (secondary N) is 1. The Hall–Kier alpha value is -2.09. The van der Waals surface area contributed by atoms with Crippen LogP contribution in [0.2, 0.25) is 0 Å². The van der Waals surface area contributed by atoms with Gasteiger partial charge in [-0.05, 0) is 31.1 Å². The van der Waals surface area contributed by atoms with Gasteiger partial charge in [0.05, 0.1) is 13.7 Å². The van der Waals surface area contributed by atoms with Crippen molar-refractivity contribution >= 4 is 29.2 Å². The van der Waals surface area contributed by atoms with Gasteiger partial charge in [0, 0.05) is 42.4 Å². The standard InChI is InChI=1S/C22H31NO7/c1-21(9-8-18(28)23-14(11-24)20(29)30-3)16(26)6-4-12-13-5-7-17(27)22(13,2)10-15(25)19(12)21/h12-14,19,24H,4-11H2,1-3H3,(H,23,28)/t12-,13-,14-,19+,21-,22?/m0/s1. The quantitative estimate of drug-likeness (QED) is 0.612. The van der Waals surface area contributed by atoms with Gasteiger partial charge in [-0.3, -0.25) is 19.2 Å². The van der Waals surface area contributed by atoms with Crippen LogP contribution in [0.3, 0.4) is 0 Å². The van der Waals surface area contributed by atoms with Crippen LogP contribution in [-0.2, 0) is 28.7 Å². The zero-order chi connectivity index (χ0) is 22.3. The summed E-state index contributed by atoms with van der Waals surface area (Å²) in [5, 5.41) is 11.7. The van der Waals surface area contributed by atoms with E-state index in [1.807, 2.05) is 6.92 Å². The number of esters is 1. The molecule has 3 saturated carbocycles. The van der Waals surface area contributed by atoms with E-state index in [-0.39, 0.29) is 48.4 Å². The highest BCUT2D eigenvalue weighted by molar-refractivity contribution is 5.99. The first-order valence-corrected chi connectivity index (χ1v) is 10.7. The summed E-state index contributed by atoms with van der Waals surface area (Å²) in [5.41, 5.74) is -1.59. The summed E-state index contributed by atoms with van der Waals surface area (Å²) in [6.07, 6.45) is 2.50. The molecule has 0 saturated heterocycles. The van der Waals surface area contributed by atoms with Gasteiger partial charge >= 0.3 is 5.97 Å². The van der Waals surface area contributed by atoms with Gasteiger partial charge in [-0.2, -0.15) is 0 Å². The summed E-state index contributed by atoms with van der Waals surface area (Å²) in [6.45, 7) is 3.07. The number of carbonyl (C=O) groups excluding carboxylic acids is 5. The van der Waals surface area contributed by atoms with Crippen molar-refractivity contribution < 1.29 is 33.8 Å². The van der Waals surface area contributed by atoms with E-state index in [0.717, 1.165) is 13.5 Å². The van der Waals surface area contributed by atoms with Crippen molar-refractivity contribution in [2.24, 2.45) is 28.6 Å². The number of aliphatic hydroxyl groups excluding tert-OH is 1. The van der Waals surface area contributed by atoms with Crippen molar-refractivity contribution in [2.45, 2.75) is 64.8 Å². The van der Waals surface area contributed by atoms with Crippen molar-refractivity contribution in [3.8, 4) is 0 Å². The molecule has 0 heterocycles. The third-order valence-corrected chi connectivity index (χ3v) is 7.87. The number of ketones is 3. The van der Waals surface area contributed by atoms with Gasteiger partial charge in [0.15, 0.2) is 6.04 Å². The molecular formula is C22H31NO7. The van der Waals surface area contributed by atoms with Crippen molar-refractivity contribution in [1.29, 1.82) is 0 Å². The number of methoxy groups -OCH3 is 1. The molecule has 3 aliphatic rings. The normalized spacial score (nSPS) is 36.7. The van der Waals surface area contributed by atoms with Crippen LogP contribution in [-0.4, -0.2) is 54.1 Å². The Morgan fingerprint density at radius 1 is 1.17 bits per heavy atom. The molecule has 0 aromatic heterocycles. The lowest BCUT2D eigenvalue weighted by atomic mass is 9.48. The van der Waals surface area contributed by atoms with E-state index >= 15 is 0 Å². The molecule has 0 radical (unpaired) electrons. The fourth-order valence-electron chi connectivity index (χ4n) is 6.17. The number of aliphatic hydroxyl groups is 1. The Kier molecular flexibility index (Phi) is 6.18. The summed E-state index contributed by atoms with van der Waals surface area (Å²) >= 11 is 0. The molecule has 0 aromatic rings. The van der Waals surface area contributed by atoms with Crippen molar-refractivity contribution in [1.82, 2.24) is 5.32 Å². The van der Waals surface area contributed by atoms with Crippen molar-refractivity contribution in [3.63, 3.8) is 0 Å². The fraction of sp³-hybridized carbons (Fsp3) is 0.773. The largest absolute Gasteiger partial charge is 0.467 e. The average molecular weight is 421 g/mol. The minimum absolute atomic E-state index is 0.0197. The molecule has 1 amide bonds. The van der Waals surface area contributed by atoms with Crippen molar-refractivity contribution in [2.75, 3.05) is 13.7 Å². The summed E-state index contributed by atoms with van der Waals surface area (Å²) in [4.78, 5) is 62.5. The lowest BCUT2D eigenvalue weighted by Crippen LogP contribution is -2.56. The number of hydrogen-bond donors (Lipinski definition) is 2. The van der Waals surface area contributed by atoms with E-state index in [1.54, 1.807) is 6.92 Å². The fourth-order valence-corrected chi connectivity index (χ4v) is 6.17. The zero-order valence-corrected chi connectivity index (χ0v) is 17.9. The van der Waals surface area contributed by atoms with Crippen LogP contribution in [0.1, 0.15) is 58.8 Å². The van der Waals surface area contributed by atoms with Crippen LogP contribution in [0.15, 0.2) is 0 Å². The number of carbonyl (C=O) groups is 5. The van der Waals surface area contributed by atoms with Gasteiger partial charge in [-0.1, -0.05) is 13.8 Å². The third kappa shape index (κ3) is 3.59. The molecule has 166 valence electrons. The monoisotopic (exact) mass is 421 g/mol. The number of hydrogen-bond acceptors (Lipinski definition) is 7. The van der Waals surface area contributed by atoms with Gasteiger partial charge < -0.3 is 15.2 Å². The molecule has 3 fully saturated rings. The molecule has 0 spiro atoms. The second kappa shape index (κ2) is 8.21. The third-order valence-electron chi connectivity index (χ3n) is 7.87. The highest BCUT2D eigenvalue weighted by Crippen LogP contribution is 2.60. The molecule has 2 N–H and O–H groups in total. The van der Waals surface area contributed by atoms with Crippen LogP contribution in [0.5, 0.6) is 0 Å². The van der Waals surface area contributed by atoms with Gasteiger partial charge in [-0.25, -0.2) is 4.79 Å². The Morgan fingerprint density at radius 3 is 2.47 bits per heavy atom. The lowest BCUT2D eigenvalue weighted by Gasteiger charge is -2.52. The predicted molar refractivity (Wildman–Crippen MR) is 105 cm³/mol. The molecule has 0 bridgehead atoms. The number of fused-ring (bicyclic) bond motifs is 3. The Morgan fingerprint density at radius 2 is 1.83 bits per heavy atom. The Balaban J connectivity index is 1.76. The van der Waals surface area contributed by atoms with E-state index in [1.165, 1.54) is 0 Å². The van der Waals surface area contributed by atoms with E-state index in [2.05, 4.69) is 10.1 Å². The molecule has 3 aliphatic carbocycles. The summed E-state index contributed by atoms with van der Waals surface area (Å²) < 4.78 is 4.54. The number of ether oxygens (including phenoxy) is 1. The van der Waals surface area contributed by atoms with Gasteiger partial charge in [0.2, 0.25) is 5.91 Å². The van der Waals surface area contributed by atoms with Gasteiger partial charge in [0.1, 0.15) is 17.3 Å². The van der Waals surface area contributed by atoms with E-state index in [0.29, 0.717) is 19.3 Å².